The van der Waals surface area contributed by atoms with Crippen molar-refractivity contribution in [2.75, 3.05) is 0 Å². The summed E-state index contributed by atoms with van der Waals surface area (Å²) >= 11 is 0. The first kappa shape index (κ1) is 12.8. The molecule has 0 spiro atoms. The van der Waals surface area contributed by atoms with Gasteiger partial charge in [-0.3, -0.25) is 0 Å². The van der Waals surface area contributed by atoms with Gasteiger partial charge in [0.25, 0.3) is 0 Å². The van der Waals surface area contributed by atoms with Crippen molar-refractivity contribution in [2.24, 2.45) is 5.73 Å². The Morgan fingerprint density at radius 3 is 2.33 bits per heavy atom. The predicted molar refractivity (Wildman–Crippen MR) is 74.9 cm³/mol. The highest BCUT2D eigenvalue weighted by molar-refractivity contribution is 5.37. The van der Waals surface area contributed by atoms with E-state index < -0.39 is 0 Å². The number of hydrogen-bond donors (Lipinski definition) is 1. The molecule has 1 aromatic carbocycles. The van der Waals surface area contributed by atoms with Crippen LogP contribution < -0.4 is 5.73 Å². The zero-order valence-electron chi connectivity index (χ0n) is 11.4. The molecular weight excluding hydrogens is 222 g/mol. The molecule has 0 aliphatic carbocycles. The van der Waals surface area contributed by atoms with Gasteiger partial charge in [0.15, 0.2) is 0 Å². The number of nitrogens with two attached hydrogens (primary N) is 1. The molecule has 0 bridgehead atoms. The average Bonchev–Trinajstić information content (AvgIpc) is 2.82. The van der Waals surface area contributed by atoms with Gasteiger partial charge in [-0.2, -0.15) is 5.10 Å². The van der Waals surface area contributed by atoms with Crippen molar-refractivity contribution < 1.29 is 0 Å². The van der Waals surface area contributed by atoms with E-state index in [0.717, 1.165) is 29.8 Å². The molecule has 0 saturated carbocycles. The number of hydrogen-bond acceptors (Lipinski definition) is 2. The number of aromatic nitrogens is 2. The SMILES string of the molecule is CCc1cc(CC)n(-c2ccc([C@H](C)N)cc2)n1. The molecule has 2 rings (SSSR count). The lowest BCUT2D eigenvalue weighted by Gasteiger charge is -2.09. The molecule has 0 saturated heterocycles. The van der Waals surface area contributed by atoms with Crippen molar-refractivity contribution in [3.63, 3.8) is 0 Å². The van der Waals surface area contributed by atoms with Crippen LogP contribution in [0.5, 0.6) is 0 Å². The summed E-state index contributed by atoms with van der Waals surface area (Å²) in [5.41, 5.74) is 10.5. The third kappa shape index (κ3) is 2.46. The standard InChI is InChI=1S/C15H21N3/c1-4-13-10-14(5-2)18(17-13)15-8-6-12(7-9-15)11(3)16/h6-11H,4-5,16H2,1-3H3/t11-/m0/s1. The average molecular weight is 243 g/mol. The van der Waals surface area contributed by atoms with Gasteiger partial charge in [0.05, 0.1) is 11.4 Å². The fourth-order valence-corrected chi connectivity index (χ4v) is 2.04. The summed E-state index contributed by atoms with van der Waals surface area (Å²) in [5, 5.41) is 4.63. The molecule has 96 valence electrons. The minimum Gasteiger partial charge on any atom is -0.324 e. The zero-order chi connectivity index (χ0) is 13.1. The Kier molecular flexibility index (Phi) is 3.82. The van der Waals surface area contributed by atoms with Gasteiger partial charge in [-0.25, -0.2) is 4.68 Å². The van der Waals surface area contributed by atoms with Crippen molar-refractivity contribution in [3.05, 3.63) is 47.3 Å². The van der Waals surface area contributed by atoms with Gasteiger partial charge in [-0.1, -0.05) is 26.0 Å². The molecule has 3 heteroatoms. The van der Waals surface area contributed by atoms with Crippen LogP contribution in [-0.2, 0) is 12.8 Å². The highest BCUT2D eigenvalue weighted by Crippen LogP contribution is 2.17. The first-order chi connectivity index (χ1) is 8.65. The van der Waals surface area contributed by atoms with Gasteiger partial charge in [0.1, 0.15) is 0 Å². The Labute approximate surface area is 109 Å². The van der Waals surface area contributed by atoms with E-state index in [9.17, 15) is 0 Å². The third-order valence-electron chi connectivity index (χ3n) is 3.22. The van der Waals surface area contributed by atoms with Crippen LogP contribution in [0.25, 0.3) is 5.69 Å². The monoisotopic (exact) mass is 243 g/mol. The first-order valence-corrected chi connectivity index (χ1v) is 6.59. The van der Waals surface area contributed by atoms with Crippen LogP contribution >= 0.6 is 0 Å². The lowest BCUT2D eigenvalue weighted by atomic mass is 10.1. The Bertz CT molecular complexity index is 509. The molecule has 0 amide bonds. The molecule has 1 heterocycles. The van der Waals surface area contributed by atoms with Crippen LogP contribution in [0.15, 0.2) is 30.3 Å². The van der Waals surface area contributed by atoms with Crippen molar-refractivity contribution in [2.45, 2.75) is 39.7 Å². The van der Waals surface area contributed by atoms with Crippen LogP contribution in [0.1, 0.15) is 43.8 Å². The molecular formula is C15H21N3. The van der Waals surface area contributed by atoms with Crippen LogP contribution in [0.2, 0.25) is 0 Å². The lowest BCUT2D eigenvalue weighted by Crippen LogP contribution is -2.06. The summed E-state index contributed by atoms with van der Waals surface area (Å²) in [6.45, 7) is 6.28. The van der Waals surface area contributed by atoms with Gasteiger partial charge in [0, 0.05) is 11.7 Å². The second kappa shape index (κ2) is 5.36. The third-order valence-corrected chi connectivity index (χ3v) is 3.22. The highest BCUT2D eigenvalue weighted by atomic mass is 15.3. The Balaban J connectivity index is 2.38. The summed E-state index contributed by atoms with van der Waals surface area (Å²) in [6.07, 6.45) is 1.96. The summed E-state index contributed by atoms with van der Waals surface area (Å²) in [7, 11) is 0. The second-order valence-corrected chi connectivity index (χ2v) is 4.63. The number of aryl methyl sites for hydroxylation is 2. The molecule has 2 N–H and O–H groups in total. The van der Waals surface area contributed by atoms with Crippen molar-refractivity contribution in [3.8, 4) is 5.69 Å². The Hall–Kier alpha value is -1.61. The Morgan fingerprint density at radius 2 is 1.83 bits per heavy atom. The zero-order valence-corrected chi connectivity index (χ0v) is 11.4. The smallest absolute Gasteiger partial charge is 0.0649 e. The first-order valence-electron chi connectivity index (χ1n) is 6.59. The number of rotatable bonds is 4. The Morgan fingerprint density at radius 1 is 1.17 bits per heavy atom. The fourth-order valence-electron chi connectivity index (χ4n) is 2.04. The molecule has 18 heavy (non-hydrogen) atoms. The van der Waals surface area contributed by atoms with Gasteiger partial charge >= 0.3 is 0 Å². The minimum absolute atomic E-state index is 0.0773. The number of benzene rings is 1. The largest absolute Gasteiger partial charge is 0.324 e. The normalized spacial score (nSPS) is 12.7. The van der Waals surface area contributed by atoms with Crippen LogP contribution in [-0.4, -0.2) is 9.78 Å². The minimum atomic E-state index is 0.0773. The van der Waals surface area contributed by atoms with Crippen LogP contribution in [0, 0.1) is 0 Å². The van der Waals surface area contributed by atoms with Gasteiger partial charge in [-0.05, 0) is 43.5 Å². The van der Waals surface area contributed by atoms with E-state index in [2.05, 4.69) is 49.3 Å². The van der Waals surface area contributed by atoms with E-state index >= 15 is 0 Å². The molecule has 0 aliphatic heterocycles. The molecule has 0 fully saturated rings. The highest BCUT2D eigenvalue weighted by Gasteiger charge is 2.07. The molecule has 2 aromatic rings. The van der Waals surface area contributed by atoms with E-state index in [1.54, 1.807) is 0 Å². The summed E-state index contributed by atoms with van der Waals surface area (Å²) in [5.74, 6) is 0. The quantitative estimate of drug-likeness (QED) is 0.897. The van der Waals surface area contributed by atoms with E-state index in [4.69, 9.17) is 5.73 Å². The van der Waals surface area contributed by atoms with Gasteiger partial charge in [0.2, 0.25) is 0 Å². The molecule has 1 aromatic heterocycles. The maximum absolute atomic E-state index is 5.86. The number of nitrogens with zero attached hydrogens (tertiary/aromatic N) is 2. The van der Waals surface area contributed by atoms with Crippen LogP contribution in [0.3, 0.4) is 0 Å². The van der Waals surface area contributed by atoms with E-state index in [1.165, 1.54) is 5.69 Å². The van der Waals surface area contributed by atoms with Crippen molar-refractivity contribution in [1.29, 1.82) is 0 Å². The molecule has 0 radical (unpaired) electrons. The maximum Gasteiger partial charge on any atom is 0.0649 e. The summed E-state index contributed by atoms with van der Waals surface area (Å²) in [6, 6.07) is 10.6. The molecule has 0 unspecified atom stereocenters. The predicted octanol–water partition coefficient (Wildman–Crippen LogP) is 3.02. The molecule has 0 aliphatic rings. The van der Waals surface area contributed by atoms with Crippen molar-refractivity contribution in [1.82, 2.24) is 9.78 Å². The molecule has 3 nitrogen and oxygen atoms in total. The maximum atomic E-state index is 5.86. The molecule has 1 atom stereocenters. The van der Waals surface area contributed by atoms with Gasteiger partial charge in [-0.15, -0.1) is 0 Å². The van der Waals surface area contributed by atoms with Gasteiger partial charge < -0.3 is 5.73 Å². The van der Waals surface area contributed by atoms with E-state index in [0.29, 0.717) is 0 Å². The lowest BCUT2D eigenvalue weighted by molar-refractivity contribution is 0.787. The van der Waals surface area contributed by atoms with Crippen LogP contribution in [0.4, 0.5) is 0 Å². The summed E-state index contributed by atoms with van der Waals surface area (Å²) < 4.78 is 2.03. The van der Waals surface area contributed by atoms with E-state index in [-0.39, 0.29) is 6.04 Å². The second-order valence-electron chi connectivity index (χ2n) is 4.63. The summed E-state index contributed by atoms with van der Waals surface area (Å²) in [4.78, 5) is 0. The van der Waals surface area contributed by atoms with E-state index in [1.807, 2.05) is 11.6 Å². The topological polar surface area (TPSA) is 43.8 Å². The van der Waals surface area contributed by atoms with Crippen molar-refractivity contribution >= 4 is 0 Å². The fraction of sp³-hybridized carbons (Fsp3) is 0.400.